The second-order valence-electron chi connectivity index (χ2n) is 5.95. The molecule has 0 saturated carbocycles. The first-order valence-corrected chi connectivity index (χ1v) is 10.3. The van der Waals surface area contributed by atoms with Crippen LogP contribution in [0, 0.1) is 0 Å². The molecule has 128 valence electrons. The number of hydrogen-bond acceptors (Lipinski definition) is 4. The second kappa shape index (κ2) is 7.11. The van der Waals surface area contributed by atoms with Crippen molar-refractivity contribution in [2.24, 2.45) is 0 Å². The van der Waals surface area contributed by atoms with Gasteiger partial charge in [-0.05, 0) is 40.0 Å². The van der Waals surface area contributed by atoms with E-state index in [0.717, 1.165) is 5.56 Å². The van der Waals surface area contributed by atoms with Crippen LogP contribution in [0.2, 0.25) is 0 Å². The molecule has 0 unspecified atom stereocenters. The zero-order valence-corrected chi connectivity index (χ0v) is 15.4. The Balaban J connectivity index is 1.79. The Bertz CT molecular complexity index is 816. The molecule has 1 atom stereocenters. The average molecular weight is 412 g/mol. The van der Waals surface area contributed by atoms with Gasteiger partial charge in [-0.2, -0.15) is 0 Å². The molecular weight excluding hydrogens is 394 g/mol. The molecule has 1 aromatic carbocycles. The summed E-state index contributed by atoms with van der Waals surface area (Å²) in [4.78, 5) is 14.4. The van der Waals surface area contributed by atoms with Crippen LogP contribution < -0.4 is 0 Å². The van der Waals surface area contributed by atoms with Crippen LogP contribution in [0.5, 0.6) is 0 Å². The Kier molecular flexibility index (Phi) is 5.10. The monoisotopic (exact) mass is 411 g/mol. The Morgan fingerprint density at radius 2 is 1.96 bits per heavy atom. The van der Waals surface area contributed by atoms with Gasteiger partial charge < -0.3 is 9.32 Å². The lowest BCUT2D eigenvalue weighted by molar-refractivity contribution is -0.133. The van der Waals surface area contributed by atoms with Gasteiger partial charge in [0.2, 0.25) is 5.91 Å². The van der Waals surface area contributed by atoms with Gasteiger partial charge in [0.1, 0.15) is 5.76 Å². The fourth-order valence-electron chi connectivity index (χ4n) is 2.92. The second-order valence-corrected chi connectivity index (χ2v) is 8.96. The molecule has 1 aliphatic rings. The molecule has 0 N–H and O–H groups in total. The zero-order valence-electron chi connectivity index (χ0n) is 13.0. The standard InChI is InChI=1S/C17H18BrNO4S/c18-16-7-6-15(23-16)11-19(14-8-9-24(21,22)12-14)17(20)10-13-4-2-1-3-5-13/h1-7,14H,8-12H2/t14-/m1/s1. The minimum Gasteiger partial charge on any atom is -0.452 e. The van der Waals surface area contributed by atoms with E-state index >= 15 is 0 Å². The summed E-state index contributed by atoms with van der Waals surface area (Å²) >= 11 is 3.25. The summed E-state index contributed by atoms with van der Waals surface area (Å²) in [5, 5.41) is 0. The van der Waals surface area contributed by atoms with Gasteiger partial charge in [-0.3, -0.25) is 4.79 Å². The number of amides is 1. The van der Waals surface area contributed by atoms with Crippen molar-refractivity contribution in [2.45, 2.75) is 25.4 Å². The summed E-state index contributed by atoms with van der Waals surface area (Å²) in [6.45, 7) is 0.275. The molecule has 1 aromatic heterocycles. The predicted molar refractivity (Wildman–Crippen MR) is 94.2 cm³/mol. The van der Waals surface area contributed by atoms with E-state index in [0.29, 0.717) is 16.9 Å². The van der Waals surface area contributed by atoms with Gasteiger partial charge >= 0.3 is 0 Å². The fraction of sp³-hybridized carbons (Fsp3) is 0.353. The number of sulfone groups is 1. The van der Waals surface area contributed by atoms with Crippen molar-refractivity contribution in [1.29, 1.82) is 0 Å². The van der Waals surface area contributed by atoms with Gasteiger partial charge in [0.05, 0.1) is 24.5 Å². The van der Waals surface area contributed by atoms with Gasteiger partial charge in [-0.1, -0.05) is 30.3 Å². The number of benzene rings is 1. The maximum absolute atomic E-state index is 12.8. The van der Waals surface area contributed by atoms with Gasteiger partial charge in [-0.25, -0.2) is 8.42 Å². The molecule has 1 saturated heterocycles. The molecule has 0 bridgehead atoms. The van der Waals surface area contributed by atoms with Crippen molar-refractivity contribution in [3.63, 3.8) is 0 Å². The van der Waals surface area contributed by atoms with E-state index in [9.17, 15) is 13.2 Å². The van der Waals surface area contributed by atoms with Crippen LogP contribution in [0.25, 0.3) is 0 Å². The number of rotatable bonds is 5. The minimum atomic E-state index is -3.07. The number of carbonyl (C=O) groups is 1. The highest BCUT2D eigenvalue weighted by molar-refractivity contribution is 9.10. The van der Waals surface area contributed by atoms with E-state index in [4.69, 9.17) is 4.42 Å². The Morgan fingerprint density at radius 1 is 1.21 bits per heavy atom. The molecule has 0 aliphatic carbocycles. The first kappa shape index (κ1) is 17.2. The lowest BCUT2D eigenvalue weighted by atomic mass is 10.1. The third-order valence-corrected chi connectivity index (χ3v) is 6.30. The number of halogens is 1. The largest absolute Gasteiger partial charge is 0.452 e. The number of nitrogens with zero attached hydrogens (tertiary/aromatic N) is 1. The van der Waals surface area contributed by atoms with Crippen molar-refractivity contribution in [1.82, 2.24) is 4.90 Å². The quantitative estimate of drug-likeness (QED) is 0.758. The van der Waals surface area contributed by atoms with Crippen molar-refractivity contribution < 1.29 is 17.6 Å². The van der Waals surface area contributed by atoms with Crippen molar-refractivity contribution in [2.75, 3.05) is 11.5 Å². The van der Waals surface area contributed by atoms with Crippen LogP contribution in [0.4, 0.5) is 0 Å². The predicted octanol–water partition coefficient (Wildman–Crippen LogP) is 2.80. The van der Waals surface area contributed by atoms with E-state index in [-0.39, 0.29) is 36.4 Å². The summed E-state index contributed by atoms with van der Waals surface area (Å²) in [5.41, 5.74) is 0.911. The first-order chi connectivity index (χ1) is 11.4. The Morgan fingerprint density at radius 3 is 2.54 bits per heavy atom. The normalized spacial score (nSPS) is 19.3. The van der Waals surface area contributed by atoms with Crippen LogP contribution in [-0.2, 0) is 27.6 Å². The van der Waals surface area contributed by atoms with E-state index in [1.54, 1.807) is 17.0 Å². The molecule has 1 amide bonds. The van der Waals surface area contributed by atoms with Crippen LogP contribution in [0.1, 0.15) is 17.7 Å². The number of hydrogen-bond donors (Lipinski definition) is 0. The van der Waals surface area contributed by atoms with Crippen LogP contribution in [0.15, 0.2) is 51.6 Å². The van der Waals surface area contributed by atoms with Gasteiger partial charge in [-0.15, -0.1) is 0 Å². The summed E-state index contributed by atoms with van der Waals surface area (Å²) in [6.07, 6.45) is 0.726. The van der Waals surface area contributed by atoms with E-state index in [2.05, 4.69) is 15.9 Å². The fourth-order valence-corrected chi connectivity index (χ4v) is 4.99. The summed E-state index contributed by atoms with van der Waals surface area (Å²) in [7, 11) is -3.07. The van der Waals surface area contributed by atoms with Crippen molar-refractivity contribution in [3.8, 4) is 0 Å². The van der Waals surface area contributed by atoms with Crippen molar-refractivity contribution >= 4 is 31.7 Å². The molecular formula is C17H18BrNO4S. The maximum atomic E-state index is 12.8. The highest BCUT2D eigenvalue weighted by atomic mass is 79.9. The molecule has 0 spiro atoms. The topological polar surface area (TPSA) is 67.6 Å². The molecule has 24 heavy (non-hydrogen) atoms. The Labute approximate surface area is 149 Å². The Hall–Kier alpha value is -1.60. The third-order valence-electron chi connectivity index (χ3n) is 4.12. The van der Waals surface area contributed by atoms with E-state index < -0.39 is 9.84 Å². The zero-order chi connectivity index (χ0) is 17.2. The minimum absolute atomic E-state index is 0.0232. The molecule has 7 heteroatoms. The third kappa shape index (κ3) is 4.27. The van der Waals surface area contributed by atoms with Crippen LogP contribution >= 0.6 is 15.9 Å². The molecule has 5 nitrogen and oxygen atoms in total. The van der Waals surface area contributed by atoms with Gasteiger partial charge in [0.15, 0.2) is 14.5 Å². The molecule has 3 rings (SSSR count). The molecule has 2 aromatic rings. The highest BCUT2D eigenvalue weighted by Crippen LogP contribution is 2.23. The van der Waals surface area contributed by atoms with E-state index in [1.165, 1.54) is 0 Å². The van der Waals surface area contributed by atoms with Gasteiger partial charge in [0, 0.05) is 6.04 Å². The summed E-state index contributed by atoms with van der Waals surface area (Å²) in [5.74, 6) is 0.702. The number of furan rings is 1. The SMILES string of the molecule is O=C(Cc1ccccc1)N(Cc1ccc(Br)o1)[C@@H]1CCS(=O)(=O)C1. The summed E-state index contributed by atoms with van der Waals surface area (Å²) < 4.78 is 29.7. The maximum Gasteiger partial charge on any atom is 0.227 e. The average Bonchev–Trinajstić information content (AvgIpc) is 3.11. The molecule has 0 radical (unpaired) electrons. The van der Waals surface area contributed by atoms with Crippen LogP contribution in [-0.4, -0.2) is 36.8 Å². The first-order valence-electron chi connectivity index (χ1n) is 7.71. The molecule has 1 fully saturated rings. The lowest BCUT2D eigenvalue weighted by Gasteiger charge is -2.27. The summed E-state index contributed by atoms with van der Waals surface area (Å²) in [6, 6.07) is 12.7. The molecule has 2 heterocycles. The lowest BCUT2D eigenvalue weighted by Crippen LogP contribution is -2.41. The van der Waals surface area contributed by atoms with Crippen molar-refractivity contribution in [3.05, 3.63) is 58.5 Å². The van der Waals surface area contributed by atoms with Crippen LogP contribution in [0.3, 0.4) is 0 Å². The smallest absolute Gasteiger partial charge is 0.227 e. The molecule has 1 aliphatic heterocycles. The highest BCUT2D eigenvalue weighted by Gasteiger charge is 2.35. The van der Waals surface area contributed by atoms with E-state index in [1.807, 2.05) is 30.3 Å². The van der Waals surface area contributed by atoms with Gasteiger partial charge in [0.25, 0.3) is 0 Å². The number of carbonyl (C=O) groups excluding carboxylic acids is 1.